The zero-order valence-corrected chi connectivity index (χ0v) is 39.4. The van der Waals surface area contributed by atoms with Gasteiger partial charge in [0.25, 0.3) is 0 Å². The fraction of sp³-hybridized carbons (Fsp3) is 0.333. The van der Waals surface area contributed by atoms with Gasteiger partial charge in [0.05, 0.1) is 23.3 Å². The Kier molecular flexibility index (Phi) is 10.1. The minimum absolute atomic E-state index is 0.0826. The van der Waals surface area contributed by atoms with Crippen molar-refractivity contribution in [3.63, 3.8) is 0 Å². The maximum atomic E-state index is 5.25. The molecular weight excluding hydrogens is 832 g/mol. The van der Waals surface area contributed by atoms with Crippen LogP contribution in [0, 0.1) is 0 Å². The van der Waals surface area contributed by atoms with Gasteiger partial charge in [0.15, 0.2) is 0 Å². The molecule has 0 fully saturated rings. The van der Waals surface area contributed by atoms with Crippen LogP contribution in [0.1, 0.15) is 105 Å². The van der Waals surface area contributed by atoms with Gasteiger partial charge >= 0.3 is 33.6 Å². The second kappa shape index (κ2) is 14.5. The van der Waals surface area contributed by atoms with E-state index >= 15 is 0 Å². The number of aromatic nitrogens is 8. The van der Waals surface area contributed by atoms with E-state index in [1.807, 2.05) is 0 Å². The van der Waals surface area contributed by atoms with Gasteiger partial charge in [-0.05, 0) is 89.7 Å². The molecule has 0 saturated heterocycles. The standard InChI is InChI=1S/C48H48N8.Cl2Ge/c1-45(2,3)25-13-17-29-33(21-25)41-49-37(29)54-42-35-23-27(47(7,8)9)15-19-31(35)39(51-42)56-44-36-24-28(48(10,11)12)16-20-32(36)40(52-44)55-43-34-22-26(46(4,5)6)14-18-30(34)38(50-43)53-41;1-3-2/h13-24H,1-12H3;/q-2;. The first kappa shape index (κ1) is 41.1. The fourth-order valence-corrected chi connectivity index (χ4v) is 7.53. The molecule has 4 aromatic carbocycles. The van der Waals surface area contributed by atoms with Crippen LogP contribution in [-0.4, -0.2) is 43.5 Å². The summed E-state index contributed by atoms with van der Waals surface area (Å²) >= 11 is -0.556. The monoisotopic (exact) mass is 880 g/mol. The summed E-state index contributed by atoms with van der Waals surface area (Å²) in [6.07, 6.45) is 0. The van der Waals surface area contributed by atoms with Crippen molar-refractivity contribution >= 4 is 77.7 Å². The first-order valence-electron chi connectivity index (χ1n) is 19.9. The molecular formula is C48H48Cl2GeN8-2. The molecule has 7 aromatic rings. The van der Waals surface area contributed by atoms with E-state index in [0.717, 1.165) is 43.8 Å². The second-order valence-corrected chi connectivity index (χ2v) is 22.9. The summed E-state index contributed by atoms with van der Waals surface area (Å²) < 4.78 is 0. The molecule has 2 radical (unpaired) electrons. The normalized spacial score (nSPS) is 13.0. The van der Waals surface area contributed by atoms with Crippen LogP contribution < -0.4 is 9.97 Å². The molecule has 300 valence electrons. The van der Waals surface area contributed by atoms with Gasteiger partial charge in [0.2, 0.25) is 0 Å². The van der Waals surface area contributed by atoms with Crippen LogP contribution in [0.5, 0.6) is 0 Å². The molecule has 0 spiro atoms. The summed E-state index contributed by atoms with van der Waals surface area (Å²) in [7, 11) is 9.78. The molecule has 8 bridgehead atoms. The zero-order valence-electron chi connectivity index (χ0n) is 35.8. The van der Waals surface area contributed by atoms with Gasteiger partial charge in [0, 0.05) is 44.8 Å². The Morgan fingerprint density at radius 3 is 0.949 bits per heavy atom. The Hall–Kier alpha value is -4.64. The summed E-state index contributed by atoms with van der Waals surface area (Å²) in [6, 6.07) is 25.9. The predicted octanol–water partition coefficient (Wildman–Crippen LogP) is 12.3. The SMILES string of the molecule is CC(C)(C)c1ccc2c(c1)-c1nc-2nc2[n-]c(nc3nc(nc4[n-]c(n1)c1ccc(C(C)(C)C)cc41)-c1ccc(C(C)(C)C)cc1-3)c1ccc(C(C)(C)C)cc21.[Cl][Ge][Cl]. The molecule has 5 heterocycles. The molecule has 3 aromatic heterocycles. The molecule has 0 N–H and O–H groups in total. The van der Waals surface area contributed by atoms with Crippen molar-refractivity contribution in [3.05, 3.63) is 95.1 Å². The summed E-state index contributed by atoms with van der Waals surface area (Å²) in [5.74, 6) is 2.24. The van der Waals surface area contributed by atoms with Gasteiger partial charge in [0.1, 0.15) is 0 Å². The van der Waals surface area contributed by atoms with Gasteiger partial charge in [-0.25, -0.2) is 9.97 Å². The number of fused-ring (bicyclic) bond motifs is 20. The van der Waals surface area contributed by atoms with Crippen molar-refractivity contribution in [1.29, 1.82) is 0 Å². The third-order valence-electron chi connectivity index (χ3n) is 11.2. The van der Waals surface area contributed by atoms with Crippen molar-refractivity contribution in [2.75, 3.05) is 0 Å². The summed E-state index contributed by atoms with van der Waals surface area (Å²) in [4.78, 5) is 41.6. The summed E-state index contributed by atoms with van der Waals surface area (Å²) in [5.41, 5.74) is 10.3. The molecule has 11 heteroatoms. The molecule has 0 unspecified atom stereocenters. The van der Waals surface area contributed by atoms with Crippen LogP contribution in [0.2, 0.25) is 0 Å². The molecule has 0 amide bonds. The molecule has 8 nitrogen and oxygen atoms in total. The van der Waals surface area contributed by atoms with Crippen LogP contribution in [0.3, 0.4) is 0 Å². The number of nitrogens with zero attached hydrogens (tertiary/aromatic N) is 8. The van der Waals surface area contributed by atoms with Crippen LogP contribution in [0.4, 0.5) is 0 Å². The number of benzene rings is 4. The number of rotatable bonds is 0. The Morgan fingerprint density at radius 1 is 0.356 bits per heavy atom. The van der Waals surface area contributed by atoms with E-state index in [1.165, 1.54) is 22.3 Å². The van der Waals surface area contributed by atoms with Gasteiger partial charge in [-0.15, -0.1) is 0 Å². The first-order valence-corrected chi connectivity index (χ1v) is 25.4. The zero-order chi connectivity index (χ0) is 42.4. The van der Waals surface area contributed by atoms with E-state index in [9.17, 15) is 0 Å². The minimum atomic E-state index is -0.556. The third kappa shape index (κ3) is 7.68. The molecule has 9 rings (SSSR count). The van der Waals surface area contributed by atoms with Crippen LogP contribution >= 0.6 is 20.0 Å². The van der Waals surface area contributed by atoms with Gasteiger partial charge in [-0.3, -0.25) is 0 Å². The van der Waals surface area contributed by atoms with E-state index in [2.05, 4.69) is 156 Å². The third-order valence-corrected chi connectivity index (χ3v) is 11.2. The number of hydrogen-bond acceptors (Lipinski definition) is 6. The van der Waals surface area contributed by atoms with Crippen molar-refractivity contribution in [1.82, 2.24) is 39.9 Å². The predicted molar refractivity (Wildman–Crippen MR) is 246 cm³/mol. The molecule has 2 aliphatic rings. The molecule has 0 saturated carbocycles. The Labute approximate surface area is 361 Å². The molecule has 59 heavy (non-hydrogen) atoms. The van der Waals surface area contributed by atoms with E-state index in [4.69, 9.17) is 59.9 Å². The quantitative estimate of drug-likeness (QED) is 0.139. The van der Waals surface area contributed by atoms with Crippen LogP contribution in [0.25, 0.3) is 89.7 Å². The Bertz CT molecular complexity index is 2790. The average Bonchev–Trinajstić information content (AvgIpc) is 3.88. The topological polar surface area (TPSA) is 106 Å². The van der Waals surface area contributed by atoms with E-state index in [-0.39, 0.29) is 21.7 Å². The van der Waals surface area contributed by atoms with E-state index < -0.39 is 13.6 Å². The van der Waals surface area contributed by atoms with Crippen LogP contribution in [-0.2, 0) is 21.7 Å². The van der Waals surface area contributed by atoms with E-state index in [1.54, 1.807) is 0 Å². The van der Waals surface area contributed by atoms with Crippen molar-refractivity contribution in [2.45, 2.75) is 105 Å². The summed E-state index contributed by atoms with van der Waals surface area (Å²) in [5, 5.41) is 3.64. The molecule has 0 aliphatic carbocycles. The molecule has 0 atom stereocenters. The second-order valence-electron chi connectivity index (χ2n) is 19.6. The van der Waals surface area contributed by atoms with Gasteiger partial charge < -0.3 is 29.9 Å². The Balaban J connectivity index is 0.00000157. The molecule has 2 aliphatic heterocycles. The first-order chi connectivity index (χ1) is 27.6. The number of halogens is 2. The summed E-state index contributed by atoms with van der Waals surface area (Å²) in [6.45, 7) is 26.6. The van der Waals surface area contributed by atoms with Crippen LogP contribution in [0.15, 0.2) is 72.8 Å². The van der Waals surface area contributed by atoms with E-state index in [0.29, 0.717) is 45.9 Å². The van der Waals surface area contributed by atoms with Gasteiger partial charge in [-0.2, -0.15) is 0 Å². The van der Waals surface area contributed by atoms with Gasteiger partial charge in [-0.1, -0.05) is 132 Å². The van der Waals surface area contributed by atoms with Crippen molar-refractivity contribution < 1.29 is 0 Å². The van der Waals surface area contributed by atoms with Crippen molar-refractivity contribution in [3.8, 4) is 45.6 Å². The van der Waals surface area contributed by atoms with Crippen molar-refractivity contribution in [2.24, 2.45) is 0 Å². The fourth-order valence-electron chi connectivity index (χ4n) is 7.53. The maximum absolute atomic E-state index is 5.25. The number of hydrogen-bond donors (Lipinski definition) is 0. The average molecular weight is 880 g/mol. The Morgan fingerprint density at radius 2 is 0.627 bits per heavy atom.